The largest absolute Gasteiger partial charge is 0.342 e. The van der Waals surface area contributed by atoms with Gasteiger partial charge < -0.3 is 9.47 Å². The molecule has 1 aliphatic heterocycles. The van der Waals surface area contributed by atoms with Gasteiger partial charge in [0.25, 0.3) is 0 Å². The maximum Gasteiger partial charge on any atom is 0.182 e. The lowest BCUT2D eigenvalue weighted by Gasteiger charge is -2.22. The third-order valence-corrected chi connectivity index (χ3v) is 3.98. The first-order valence-electron chi connectivity index (χ1n) is 7.57. The highest BCUT2D eigenvalue weighted by Crippen LogP contribution is 2.36. The smallest absolute Gasteiger partial charge is 0.182 e. The lowest BCUT2D eigenvalue weighted by molar-refractivity contribution is -0.155. The quantitative estimate of drug-likeness (QED) is 0.594. The summed E-state index contributed by atoms with van der Waals surface area (Å²) in [5.74, 6) is -0.976. The van der Waals surface area contributed by atoms with Crippen molar-refractivity contribution in [3.8, 4) is 0 Å². The van der Waals surface area contributed by atoms with Crippen LogP contribution >= 0.6 is 0 Å². The second-order valence-electron chi connectivity index (χ2n) is 6.97. The Morgan fingerprint density at radius 2 is 1.77 bits per heavy atom. The molecule has 1 fully saturated rings. The van der Waals surface area contributed by atoms with Crippen LogP contribution in [-0.4, -0.2) is 29.1 Å². The normalized spacial score (nSPS) is 28.7. The van der Waals surface area contributed by atoms with Crippen LogP contribution in [0.5, 0.6) is 0 Å². The molecule has 120 valence electrons. The topological polar surface area (TPSA) is 52.6 Å². The molecule has 0 amide bonds. The molecule has 1 aliphatic carbocycles. The first kappa shape index (κ1) is 16.8. The molecular weight excluding hydrogens is 280 g/mol. The van der Waals surface area contributed by atoms with Gasteiger partial charge in [-0.2, -0.15) is 0 Å². The summed E-state index contributed by atoms with van der Waals surface area (Å²) in [6, 6.07) is 0. The summed E-state index contributed by atoms with van der Waals surface area (Å²) in [6.07, 6.45) is 6.47. The van der Waals surface area contributed by atoms with E-state index in [1.54, 1.807) is 6.92 Å². The van der Waals surface area contributed by atoms with E-state index in [1.165, 1.54) is 12.2 Å². The monoisotopic (exact) mass is 304 g/mol. The van der Waals surface area contributed by atoms with Gasteiger partial charge in [-0.1, -0.05) is 19.1 Å². The predicted molar refractivity (Wildman–Crippen MR) is 84.3 cm³/mol. The average molecular weight is 304 g/mol. The Bertz CT molecular complexity index is 590. The summed E-state index contributed by atoms with van der Waals surface area (Å²) in [6.45, 7) is 11.3. The molecule has 0 spiro atoms. The summed E-state index contributed by atoms with van der Waals surface area (Å²) in [4.78, 5) is 23.8. The van der Waals surface area contributed by atoms with E-state index >= 15 is 0 Å². The molecule has 0 aromatic rings. The molecule has 22 heavy (non-hydrogen) atoms. The Kier molecular flexibility index (Phi) is 4.28. The molecular formula is C18H24O4. The summed E-state index contributed by atoms with van der Waals surface area (Å²) in [7, 11) is 0. The van der Waals surface area contributed by atoms with Gasteiger partial charge in [0.1, 0.15) is 6.10 Å². The van der Waals surface area contributed by atoms with Crippen molar-refractivity contribution in [2.24, 2.45) is 5.92 Å². The minimum atomic E-state index is -0.627. The van der Waals surface area contributed by atoms with Gasteiger partial charge in [0, 0.05) is 17.1 Å². The van der Waals surface area contributed by atoms with Crippen molar-refractivity contribution in [3.05, 3.63) is 35.5 Å². The van der Waals surface area contributed by atoms with Crippen LogP contribution in [0.4, 0.5) is 0 Å². The van der Waals surface area contributed by atoms with Crippen molar-refractivity contribution in [1.82, 2.24) is 0 Å². The van der Waals surface area contributed by atoms with Crippen LogP contribution in [0.25, 0.3) is 0 Å². The first-order chi connectivity index (χ1) is 10.0. The zero-order valence-corrected chi connectivity index (χ0v) is 14.1. The van der Waals surface area contributed by atoms with Crippen LogP contribution in [0, 0.1) is 5.92 Å². The van der Waals surface area contributed by atoms with Crippen molar-refractivity contribution in [1.29, 1.82) is 0 Å². The SMILES string of the molecule is CC1=CC(=O)C([C@H](C)/C=C/[C@H]2OC(C)(C)OC2(C)C)=CC1=O. The molecule has 1 heterocycles. The fourth-order valence-corrected chi connectivity index (χ4v) is 2.84. The molecule has 0 N–H and O–H groups in total. The molecule has 4 nitrogen and oxygen atoms in total. The number of rotatable bonds is 3. The summed E-state index contributed by atoms with van der Waals surface area (Å²) < 4.78 is 11.7. The highest BCUT2D eigenvalue weighted by molar-refractivity contribution is 6.19. The molecule has 0 radical (unpaired) electrons. The molecule has 2 rings (SSSR count). The number of hydrogen-bond acceptors (Lipinski definition) is 4. The highest BCUT2D eigenvalue weighted by atomic mass is 16.8. The van der Waals surface area contributed by atoms with Gasteiger partial charge in [0.15, 0.2) is 17.4 Å². The number of carbonyl (C=O) groups excluding carboxylic acids is 2. The first-order valence-corrected chi connectivity index (χ1v) is 7.57. The Morgan fingerprint density at radius 1 is 1.14 bits per heavy atom. The van der Waals surface area contributed by atoms with Gasteiger partial charge in [-0.25, -0.2) is 0 Å². The van der Waals surface area contributed by atoms with E-state index in [4.69, 9.17) is 9.47 Å². The van der Waals surface area contributed by atoms with E-state index in [2.05, 4.69) is 0 Å². The van der Waals surface area contributed by atoms with Crippen molar-refractivity contribution >= 4 is 11.6 Å². The summed E-state index contributed by atoms with van der Waals surface area (Å²) in [5, 5.41) is 0. The van der Waals surface area contributed by atoms with Crippen LogP contribution in [0.2, 0.25) is 0 Å². The number of allylic oxidation sites excluding steroid dienone is 5. The summed E-state index contributed by atoms with van der Waals surface area (Å²) in [5.41, 5.74) is 0.569. The van der Waals surface area contributed by atoms with Crippen molar-refractivity contribution in [3.63, 3.8) is 0 Å². The lowest BCUT2D eigenvalue weighted by Crippen LogP contribution is -2.32. The molecule has 0 aromatic heterocycles. The third kappa shape index (κ3) is 3.45. The minimum absolute atomic E-state index is 0.0996. The third-order valence-electron chi connectivity index (χ3n) is 3.98. The maximum absolute atomic E-state index is 12.0. The summed E-state index contributed by atoms with van der Waals surface area (Å²) >= 11 is 0. The van der Waals surface area contributed by atoms with Gasteiger partial charge >= 0.3 is 0 Å². The van der Waals surface area contributed by atoms with Gasteiger partial charge in [-0.3, -0.25) is 9.59 Å². The Morgan fingerprint density at radius 3 is 2.32 bits per heavy atom. The highest BCUT2D eigenvalue weighted by Gasteiger charge is 2.45. The van der Waals surface area contributed by atoms with Crippen LogP contribution in [-0.2, 0) is 19.1 Å². The molecule has 2 atom stereocenters. The Labute approximate surface area is 131 Å². The molecule has 2 aliphatic rings. The Balaban J connectivity index is 2.13. The predicted octanol–water partition coefficient (Wildman–Crippen LogP) is 3.13. The van der Waals surface area contributed by atoms with Gasteiger partial charge in [0.05, 0.1) is 5.60 Å². The number of carbonyl (C=O) groups is 2. The van der Waals surface area contributed by atoms with Gasteiger partial charge in [-0.05, 0) is 46.8 Å². The number of hydrogen-bond donors (Lipinski definition) is 0. The minimum Gasteiger partial charge on any atom is -0.342 e. The van der Waals surface area contributed by atoms with Gasteiger partial charge in [-0.15, -0.1) is 0 Å². The van der Waals surface area contributed by atoms with Crippen LogP contribution in [0.3, 0.4) is 0 Å². The number of ether oxygens (including phenoxy) is 2. The van der Waals surface area contributed by atoms with Crippen molar-refractivity contribution < 1.29 is 19.1 Å². The maximum atomic E-state index is 12.0. The number of ketones is 2. The van der Waals surface area contributed by atoms with E-state index in [0.717, 1.165) is 0 Å². The Hall–Kier alpha value is -1.52. The zero-order valence-electron chi connectivity index (χ0n) is 14.1. The average Bonchev–Trinajstić information content (AvgIpc) is 2.58. The van der Waals surface area contributed by atoms with E-state index in [1.807, 2.05) is 46.8 Å². The van der Waals surface area contributed by atoms with Crippen molar-refractivity contribution in [2.45, 2.75) is 59.0 Å². The fraction of sp³-hybridized carbons (Fsp3) is 0.556. The van der Waals surface area contributed by atoms with E-state index in [-0.39, 0.29) is 23.6 Å². The second kappa shape index (κ2) is 5.60. The van der Waals surface area contributed by atoms with E-state index in [9.17, 15) is 9.59 Å². The fourth-order valence-electron chi connectivity index (χ4n) is 2.84. The van der Waals surface area contributed by atoms with Crippen LogP contribution in [0.15, 0.2) is 35.5 Å². The van der Waals surface area contributed by atoms with Crippen LogP contribution < -0.4 is 0 Å². The van der Waals surface area contributed by atoms with Gasteiger partial charge in [0.2, 0.25) is 0 Å². The molecule has 0 bridgehead atoms. The molecule has 0 unspecified atom stereocenters. The molecule has 0 saturated carbocycles. The second-order valence-corrected chi connectivity index (χ2v) is 6.97. The standard InChI is InChI=1S/C18H24O4/c1-11(13-10-14(19)12(2)9-15(13)20)7-8-16-17(3,4)22-18(5,6)21-16/h7-11,16H,1-6H3/b8-7+/t11-,16-/m1/s1. The van der Waals surface area contributed by atoms with Crippen LogP contribution in [0.1, 0.15) is 41.5 Å². The van der Waals surface area contributed by atoms with E-state index < -0.39 is 11.4 Å². The zero-order chi connectivity index (χ0) is 16.7. The van der Waals surface area contributed by atoms with E-state index in [0.29, 0.717) is 11.1 Å². The molecule has 1 saturated heterocycles. The molecule has 4 heteroatoms. The van der Waals surface area contributed by atoms with Crippen molar-refractivity contribution in [2.75, 3.05) is 0 Å². The molecule has 0 aromatic carbocycles. The lowest BCUT2D eigenvalue weighted by atomic mass is 9.88.